The average Bonchev–Trinajstić information content (AvgIpc) is 2.39. The zero-order chi connectivity index (χ0) is 14.3. The maximum atomic E-state index is 11.3. The van der Waals surface area contributed by atoms with Crippen LogP contribution in [-0.4, -0.2) is 39.5 Å². The summed E-state index contributed by atoms with van der Waals surface area (Å²) in [7, 11) is -1.41. The Hall–Kier alpha value is -1.03. The largest absolute Gasteiger partial charge is 0.497 e. The van der Waals surface area contributed by atoms with E-state index < -0.39 is 9.84 Å². The van der Waals surface area contributed by atoms with E-state index in [0.29, 0.717) is 0 Å². The van der Waals surface area contributed by atoms with Gasteiger partial charge in [-0.05, 0) is 24.3 Å². The van der Waals surface area contributed by atoms with Gasteiger partial charge in [-0.1, -0.05) is 6.92 Å². The summed E-state index contributed by atoms with van der Waals surface area (Å²) in [6.45, 7) is 1.77. The summed E-state index contributed by atoms with van der Waals surface area (Å²) in [6, 6.07) is 7.17. The molecule has 0 aliphatic carbocycles. The lowest BCUT2D eigenvalue weighted by atomic mass is 10.3. The molecule has 1 aromatic carbocycles. The molecule has 0 saturated heterocycles. The Morgan fingerprint density at radius 1 is 1.35 bits per heavy atom. The van der Waals surface area contributed by atoms with Gasteiger partial charge in [0.2, 0.25) is 0 Å². The van der Waals surface area contributed by atoms with Gasteiger partial charge in [-0.3, -0.25) is 4.99 Å². The van der Waals surface area contributed by atoms with Crippen molar-refractivity contribution in [3.63, 3.8) is 0 Å². The summed E-state index contributed by atoms with van der Waals surface area (Å²) < 4.78 is 27.6. The van der Waals surface area contributed by atoms with Crippen molar-refractivity contribution in [2.24, 2.45) is 10.7 Å². The molecule has 20 heavy (non-hydrogen) atoms. The third kappa shape index (κ3) is 6.94. The molecule has 0 unspecified atom stereocenters. The Morgan fingerprint density at radius 3 is 2.45 bits per heavy atom. The van der Waals surface area contributed by atoms with Crippen LogP contribution in [0, 0.1) is 0 Å². The van der Waals surface area contributed by atoms with Gasteiger partial charge in [-0.25, -0.2) is 8.42 Å². The standard InChI is InChI=1S/C12H19N3O3S.HI/c1-3-19(16,17)9-8-14-12(13)15-10-4-6-11(18-2)7-5-10;/h4-7H,3,8-9H2,1-2H3,(H3,13,14,15);1H. The number of aliphatic imine (C=N–C) groups is 1. The van der Waals surface area contributed by atoms with Crippen LogP contribution in [0.4, 0.5) is 5.69 Å². The quantitative estimate of drug-likeness (QED) is 0.419. The van der Waals surface area contributed by atoms with E-state index in [4.69, 9.17) is 10.5 Å². The number of nitrogens with two attached hydrogens (primary N) is 1. The lowest BCUT2D eigenvalue weighted by Crippen LogP contribution is -2.24. The molecule has 0 saturated carbocycles. The van der Waals surface area contributed by atoms with Gasteiger partial charge in [-0.2, -0.15) is 0 Å². The van der Waals surface area contributed by atoms with Gasteiger partial charge in [0.25, 0.3) is 0 Å². The lowest BCUT2D eigenvalue weighted by Gasteiger charge is -2.06. The van der Waals surface area contributed by atoms with Gasteiger partial charge in [0, 0.05) is 11.4 Å². The number of nitrogens with zero attached hydrogens (tertiary/aromatic N) is 1. The van der Waals surface area contributed by atoms with Crippen LogP contribution in [0.2, 0.25) is 0 Å². The highest BCUT2D eigenvalue weighted by molar-refractivity contribution is 14.0. The van der Waals surface area contributed by atoms with Crippen LogP contribution in [0.15, 0.2) is 29.3 Å². The molecule has 0 spiro atoms. The molecule has 114 valence electrons. The van der Waals surface area contributed by atoms with Crippen LogP contribution < -0.4 is 15.8 Å². The summed E-state index contributed by atoms with van der Waals surface area (Å²) in [6.07, 6.45) is 0. The highest BCUT2D eigenvalue weighted by Crippen LogP contribution is 2.14. The summed E-state index contributed by atoms with van der Waals surface area (Å²) in [5, 5.41) is 2.87. The summed E-state index contributed by atoms with van der Waals surface area (Å²) in [4.78, 5) is 3.97. The molecule has 1 aromatic rings. The predicted octanol–water partition coefficient (Wildman–Crippen LogP) is 1.47. The van der Waals surface area contributed by atoms with Gasteiger partial charge >= 0.3 is 0 Å². The lowest BCUT2D eigenvalue weighted by molar-refractivity contribution is 0.415. The Balaban J connectivity index is 0.00000361. The van der Waals surface area contributed by atoms with Crippen molar-refractivity contribution in [1.29, 1.82) is 0 Å². The van der Waals surface area contributed by atoms with Crippen molar-refractivity contribution in [3.8, 4) is 5.75 Å². The van der Waals surface area contributed by atoms with Crippen LogP contribution in [0.5, 0.6) is 5.75 Å². The van der Waals surface area contributed by atoms with Crippen LogP contribution in [0.1, 0.15) is 6.92 Å². The van der Waals surface area contributed by atoms with E-state index in [9.17, 15) is 8.42 Å². The van der Waals surface area contributed by atoms with E-state index in [1.807, 2.05) is 0 Å². The molecule has 0 fully saturated rings. The molecule has 6 nitrogen and oxygen atoms in total. The van der Waals surface area contributed by atoms with E-state index in [-0.39, 0.29) is 48.0 Å². The van der Waals surface area contributed by atoms with Crippen molar-refractivity contribution < 1.29 is 13.2 Å². The molecule has 0 bridgehead atoms. The Morgan fingerprint density at radius 2 is 1.95 bits per heavy atom. The second-order valence-electron chi connectivity index (χ2n) is 3.86. The maximum absolute atomic E-state index is 11.3. The number of sulfone groups is 1. The highest BCUT2D eigenvalue weighted by atomic mass is 127. The molecule has 0 aromatic heterocycles. The van der Waals surface area contributed by atoms with Crippen LogP contribution in [0.25, 0.3) is 0 Å². The van der Waals surface area contributed by atoms with Crippen LogP contribution >= 0.6 is 24.0 Å². The number of rotatable bonds is 6. The van der Waals surface area contributed by atoms with Crippen molar-refractivity contribution in [3.05, 3.63) is 24.3 Å². The Kier molecular flexibility index (Phi) is 8.54. The fourth-order valence-electron chi connectivity index (χ4n) is 1.31. The van der Waals surface area contributed by atoms with Gasteiger partial charge in [0.05, 0.1) is 19.4 Å². The van der Waals surface area contributed by atoms with Crippen molar-refractivity contribution in [2.45, 2.75) is 6.92 Å². The molecule has 3 N–H and O–H groups in total. The molecule has 0 atom stereocenters. The molecule has 8 heteroatoms. The first kappa shape index (κ1) is 19.0. The van der Waals surface area contributed by atoms with Crippen LogP contribution in [0.3, 0.4) is 0 Å². The van der Waals surface area contributed by atoms with Gasteiger partial charge in [-0.15, -0.1) is 24.0 Å². The second-order valence-corrected chi connectivity index (χ2v) is 6.33. The summed E-state index contributed by atoms with van der Waals surface area (Å²) in [5.74, 6) is 1.06. The first-order valence-corrected chi connectivity index (χ1v) is 7.70. The number of methoxy groups -OCH3 is 1. The van der Waals surface area contributed by atoms with Gasteiger partial charge in [0.1, 0.15) is 5.75 Å². The summed E-state index contributed by atoms with van der Waals surface area (Å²) in [5.41, 5.74) is 6.42. The molecular weight excluding hydrogens is 393 g/mol. The Bertz CT molecular complexity index is 529. The predicted molar refractivity (Wildman–Crippen MR) is 92.8 cm³/mol. The minimum absolute atomic E-state index is 0. The number of benzene rings is 1. The van der Waals surface area contributed by atoms with Gasteiger partial charge < -0.3 is 15.8 Å². The van der Waals surface area contributed by atoms with E-state index in [1.165, 1.54) is 0 Å². The van der Waals surface area contributed by atoms with E-state index in [1.54, 1.807) is 38.3 Å². The Labute approximate surface area is 136 Å². The first-order valence-electron chi connectivity index (χ1n) is 5.88. The van der Waals surface area contributed by atoms with Crippen molar-refractivity contribution in [2.75, 3.05) is 30.5 Å². The van der Waals surface area contributed by atoms with Crippen molar-refractivity contribution in [1.82, 2.24) is 0 Å². The molecule has 0 radical (unpaired) electrons. The third-order valence-electron chi connectivity index (χ3n) is 2.49. The average molecular weight is 413 g/mol. The maximum Gasteiger partial charge on any atom is 0.193 e. The zero-order valence-corrected chi connectivity index (χ0v) is 14.6. The molecule has 0 aliphatic rings. The molecule has 0 amide bonds. The number of halogens is 1. The van der Waals surface area contributed by atoms with E-state index >= 15 is 0 Å². The van der Waals surface area contributed by atoms with Crippen LogP contribution in [-0.2, 0) is 9.84 Å². The number of guanidine groups is 1. The van der Waals surface area contributed by atoms with E-state index in [0.717, 1.165) is 11.4 Å². The number of ether oxygens (including phenoxy) is 1. The van der Waals surface area contributed by atoms with E-state index in [2.05, 4.69) is 10.3 Å². The minimum atomic E-state index is -3.00. The van der Waals surface area contributed by atoms with Crippen molar-refractivity contribution >= 4 is 45.5 Å². The zero-order valence-electron chi connectivity index (χ0n) is 11.5. The smallest absolute Gasteiger partial charge is 0.193 e. The first-order chi connectivity index (χ1) is 8.96. The number of anilines is 1. The molecular formula is C12H20IN3O3S. The summed E-state index contributed by atoms with van der Waals surface area (Å²) >= 11 is 0. The SMILES string of the molecule is CCS(=O)(=O)CCN=C(N)Nc1ccc(OC)cc1.I. The fraction of sp³-hybridized carbons (Fsp3) is 0.417. The number of nitrogens with one attached hydrogen (secondary N) is 1. The third-order valence-corrected chi connectivity index (χ3v) is 4.17. The molecule has 1 rings (SSSR count). The minimum Gasteiger partial charge on any atom is -0.497 e. The number of hydrogen-bond acceptors (Lipinski definition) is 4. The second kappa shape index (κ2) is 9.01. The molecule has 0 aliphatic heterocycles. The topological polar surface area (TPSA) is 93.8 Å². The molecule has 0 heterocycles. The normalized spacial score (nSPS) is 11.6. The monoisotopic (exact) mass is 413 g/mol. The van der Waals surface area contributed by atoms with Gasteiger partial charge in [0.15, 0.2) is 15.8 Å². The fourth-order valence-corrected chi connectivity index (χ4v) is 1.97. The number of hydrogen-bond donors (Lipinski definition) is 2. The highest BCUT2D eigenvalue weighted by Gasteiger charge is 2.05.